The summed E-state index contributed by atoms with van der Waals surface area (Å²) >= 11 is 6.00. The van der Waals surface area contributed by atoms with Crippen molar-refractivity contribution in [1.82, 2.24) is 0 Å². The molecule has 0 saturated carbocycles. The molecule has 3 heteroatoms. The number of allylic oxidation sites excluding steroid dienone is 4. The molecule has 3 rings (SSSR count). The van der Waals surface area contributed by atoms with E-state index in [0.29, 0.717) is 23.4 Å². The number of carbonyl (C=O) groups is 2. The molecule has 0 spiro atoms. The third-order valence-electron chi connectivity index (χ3n) is 4.66. The predicted molar refractivity (Wildman–Crippen MR) is 84.0 cm³/mol. The highest BCUT2D eigenvalue weighted by Gasteiger charge is 2.41. The maximum atomic E-state index is 12.8. The van der Waals surface area contributed by atoms with Gasteiger partial charge in [-0.25, -0.2) is 0 Å². The molecule has 0 radical (unpaired) electrons. The Bertz CT molecular complexity index is 697. The number of fused-ring (bicyclic) bond motifs is 1. The second kappa shape index (κ2) is 5.27. The Hall–Kier alpha value is -1.67. The van der Waals surface area contributed by atoms with Gasteiger partial charge in [0.05, 0.1) is 0 Å². The van der Waals surface area contributed by atoms with Crippen LogP contribution >= 0.6 is 11.6 Å². The quantitative estimate of drug-likeness (QED) is 0.727. The molecule has 0 heterocycles. The summed E-state index contributed by atoms with van der Waals surface area (Å²) in [6, 6.07) is 7.15. The van der Waals surface area contributed by atoms with Crippen LogP contribution in [0.2, 0.25) is 5.02 Å². The first kappa shape index (κ1) is 14.3. The first-order valence-electron chi connectivity index (χ1n) is 7.18. The summed E-state index contributed by atoms with van der Waals surface area (Å²) in [6.45, 7) is 4.11. The first-order valence-corrected chi connectivity index (χ1v) is 7.56. The lowest BCUT2D eigenvalue weighted by Gasteiger charge is -2.34. The maximum absolute atomic E-state index is 12.8. The van der Waals surface area contributed by atoms with Gasteiger partial charge < -0.3 is 0 Å². The summed E-state index contributed by atoms with van der Waals surface area (Å²) in [5.41, 5.74) is 3.74. The summed E-state index contributed by atoms with van der Waals surface area (Å²) in [7, 11) is 0. The number of carbonyl (C=O) groups excluding carboxylic acids is 2. The normalized spacial score (nSPS) is 25.8. The fourth-order valence-corrected chi connectivity index (χ4v) is 3.46. The van der Waals surface area contributed by atoms with Crippen molar-refractivity contribution in [3.8, 4) is 0 Å². The molecule has 108 valence electrons. The minimum atomic E-state index is -0.208. The van der Waals surface area contributed by atoms with Crippen LogP contribution in [0.4, 0.5) is 0 Å². The van der Waals surface area contributed by atoms with E-state index in [0.717, 1.165) is 5.56 Å². The number of Topliss-reactive ketones (excluding diaryl/α,β-unsaturated/α-hetero) is 1. The molecule has 0 amide bonds. The Labute approximate surface area is 129 Å². The Balaban J connectivity index is 2.02. The minimum absolute atomic E-state index is 0.0708. The molecule has 0 N–H and O–H groups in total. The lowest BCUT2D eigenvalue weighted by atomic mass is 9.67. The summed E-state index contributed by atoms with van der Waals surface area (Å²) in [5, 5.41) is 0.575. The van der Waals surface area contributed by atoms with E-state index in [2.05, 4.69) is 13.8 Å². The maximum Gasteiger partial charge on any atom is 0.167 e. The van der Waals surface area contributed by atoms with Gasteiger partial charge in [-0.15, -0.1) is 0 Å². The van der Waals surface area contributed by atoms with Crippen molar-refractivity contribution in [2.75, 3.05) is 0 Å². The number of hydrogen-bond acceptors (Lipinski definition) is 2. The largest absolute Gasteiger partial charge is 0.294 e. The molecule has 2 aliphatic rings. The topological polar surface area (TPSA) is 34.1 Å². The lowest BCUT2D eigenvalue weighted by molar-refractivity contribution is -0.128. The van der Waals surface area contributed by atoms with Gasteiger partial charge in [0, 0.05) is 22.4 Å². The Morgan fingerprint density at radius 3 is 2.38 bits per heavy atom. The minimum Gasteiger partial charge on any atom is -0.294 e. The van der Waals surface area contributed by atoms with E-state index in [-0.39, 0.29) is 23.4 Å². The number of ketones is 2. The summed E-state index contributed by atoms with van der Waals surface area (Å²) in [6.07, 6.45) is 2.92. The molecule has 21 heavy (non-hydrogen) atoms. The molecule has 1 aromatic carbocycles. The monoisotopic (exact) mass is 300 g/mol. The van der Waals surface area contributed by atoms with Crippen LogP contribution in [-0.4, -0.2) is 11.6 Å². The van der Waals surface area contributed by atoms with Crippen molar-refractivity contribution in [1.29, 1.82) is 0 Å². The molecule has 0 aliphatic heterocycles. The molecule has 0 fully saturated rings. The van der Waals surface area contributed by atoms with E-state index in [9.17, 15) is 9.59 Å². The van der Waals surface area contributed by atoms with Crippen molar-refractivity contribution in [3.05, 3.63) is 52.1 Å². The smallest absolute Gasteiger partial charge is 0.167 e. The zero-order valence-electron chi connectivity index (χ0n) is 12.2. The zero-order chi connectivity index (χ0) is 15.1. The van der Waals surface area contributed by atoms with Gasteiger partial charge in [-0.05, 0) is 50.5 Å². The van der Waals surface area contributed by atoms with Crippen LogP contribution < -0.4 is 0 Å². The van der Waals surface area contributed by atoms with Crippen LogP contribution in [0.15, 0.2) is 41.5 Å². The van der Waals surface area contributed by atoms with Crippen molar-refractivity contribution in [2.24, 2.45) is 11.8 Å². The van der Waals surface area contributed by atoms with Gasteiger partial charge in [0.15, 0.2) is 11.6 Å². The third-order valence-corrected chi connectivity index (χ3v) is 4.89. The zero-order valence-corrected chi connectivity index (χ0v) is 12.9. The van der Waals surface area contributed by atoms with Crippen molar-refractivity contribution in [2.45, 2.75) is 26.7 Å². The average molecular weight is 301 g/mol. The van der Waals surface area contributed by atoms with E-state index >= 15 is 0 Å². The van der Waals surface area contributed by atoms with Crippen molar-refractivity contribution < 1.29 is 9.59 Å². The fourth-order valence-electron chi connectivity index (χ4n) is 3.27. The van der Waals surface area contributed by atoms with Crippen LogP contribution in [0.25, 0.3) is 5.57 Å². The second-order valence-corrected chi connectivity index (χ2v) is 6.45. The van der Waals surface area contributed by atoms with E-state index in [1.165, 1.54) is 17.2 Å². The van der Waals surface area contributed by atoms with Gasteiger partial charge in [0.25, 0.3) is 0 Å². The SMILES string of the molecule is CC1=C(C)C[C@H]2C(=O)C(c3cccc(Cl)c3)=CC(=O)[C@H]2C1. The van der Waals surface area contributed by atoms with Gasteiger partial charge in [-0.1, -0.05) is 34.9 Å². The number of halogens is 1. The van der Waals surface area contributed by atoms with Gasteiger partial charge in [0.2, 0.25) is 0 Å². The summed E-state index contributed by atoms with van der Waals surface area (Å²) < 4.78 is 0. The highest BCUT2D eigenvalue weighted by atomic mass is 35.5. The fraction of sp³-hybridized carbons (Fsp3) is 0.333. The molecule has 2 atom stereocenters. The first-order chi connectivity index (χ1) is 9.97. The standard InChI is InChI=1S/C18H17ClO2/c1-10-6-15-16(7-11(10)2)18(21)14(9-17(15)20)12-4-3-5-13(19)8-12/h3-5,8-9,15-16H,6-7H2,1-2H3/t15-,16+/m0/s1. The Morgan fingerprint density at radius 1 is 1.05 bits per heavy atom. The van der Waals surface area contributed by atoms with E-state index < -0.39 is 0 Å². The molecule has 0 saturated heterocycles. The van der Waals surface area contributed by atoms with E-state index in [4.69, 9.17) is 11.6 Å². The van der Waals surface area contributed by atoms with Gasteiger partial charge >= 0.3 is 0 Å². The molecule has 2 nitrogen and oxygen atoms in total. The average Bonchev–Trinajstić information content (AvgIpc) is 2.45. The van der Waals surface area contributed by atoms with Gasteiger partial charge in [-0.2, -0.15) is 0 Å². The lowest BCUT2D eigenvalue weighted by Crippen LogP contribution is -2.36. The molecule has 0 aromatic heterocycles. The molecular weight excluding hydrogens is 284 g/mol. The highest BCUT2D eigenvalue weighted by molar-refractivity contribution is 6.32. The molecule has 0 unspecified atom stereocenters. The predicted octanol–water partition coefficient (Wildman–Crippen LogP) is 4.24. The molecular formula is C18H17ClO2. The second-order valence-electron chi connectivity index (χ2n) is 6.02. The number of rotatable bonds is 1. The van der Waals surface area contributed by atoms with Crippen LogP contribution in [0.3, 0.4) is 0 Å². The molecule has 2 aliphatic carbocycles. The molecule has 1 aromatic rings. The number of hydrogen-bond donors (Lipinski definition) is 0. The highest BCUT2D eigenvalue weighted by Crippen LogP contribution is 2.41. The van der Waals surface area contributed by atoms with Crippen LogP contribution in [-0.2, 0) is 9.59 Å². The van der Waals surface area contributed by atoms with Gasteiger partial charge in [-0.3, -0.25) is 9.59 Å². The van der Waals surface area contributed by atoms with Crippen molar-refractivity contribution >= 4 is 28.7 Å². The van der Waals surface area contributed by atoms with Crippen LogP contribution in [0.1, 0.15) is 32.3 Å². The van der Waals surface area contributed by atoms with E-state index in [1.807, 2.05) is 6.07 Å². The van der Waals surface area contributed by atoms with E-state index in [1.54, 1.807) is 18.2 Å². The third kappa shape index (κ3) is 2.49. The number of benzene rings is 1. The Morgan fingerprint density at radius 2 is 1.71 bits per heavy atom. The van der Waals surface area contributed by atoms with Gasteiger partial charge in [0.1, 0.15) is 0 Å². The Kier molecular flexibility index (Phi) is 3.58. The molecule has 0 bridgehead atoms. The van der Waals surface area contributed by atoms with Crippen LogP contribution in [0, 0.1) is 11.8 Å². The summed E-state index contributed by atoms with van der Waals surface area (Å²) in [4.78, 5) is 25.2. The summed E-state index contributed by atoms with van der Waals surface area (Å²) in [5.74, 6) is -0.237. The van der Waals surface area contributed by atoms with Crippen LogP contribution in [0.5, 0.6) is 0 Å². The van der Waals surface area contributed by atoms with Crippen molar-refractivity contribution in [3.63, 3.8) is 0 Å².